The second-order valence-electron chi connectivity index (χ2n) is 5.67. The average molecular weight is 320 g/mol. The molecular weight excluding hydrogens is 304 g/mol. The fraction of sp³-hybridized carbons (Fsp3) is 0.158. The molecule has 0 aliphatic heterocycles. The van der Waals surface area contributed by atoms with Gasteiger partial charge in [0.1, 0.15) is 5.82 Å². The number of rotatable bonds is 2. The molecule has 1 amide bonds. The fourth-order valence-corrected chi connectivity index (χ4v) is 4.24. The number of aryl methyl sites for hydroxylation is 2. The zero-order chi connectivity index (χ0) is 15.8. The number of carbonyl (C=O) groups is 1. The molecule has 0 atom stereocenters. The molecule has 2 heterocycles. The highest BCUT2D eigenvalue weighted by molar-refractivity contribution is 7.17. The normalized spacial score (nSPS) is 12.4. The van der Waals surface area contributed by atoms with E-state index in [9.17, 15) is 4.79 Å². The molecule has 1 aliphatic carbocycles. The Hall–Kier alpha value is -2.46. The SMILES string of the molecule is CN(C(=O)c1cc2c(s1)-c1ccccc1CC2)c1ccccn1. The molecule has 0 N–H and O–H groups in total. The number of fused-ring (bicyclic) bond motifs is 3. The molecule has 1 aromatic carbocycles. The Bertz CT molecular complexity index is 870. The van der Waals surface area contributed by atoms with E-state index in [1.165, 1.54) is 21.6 Å². The smallest absolute Gasteiger partial charge is 0.269 e. The lowest BCUT2D eigenvalue weighted by Crippen LogP contribution is -2.26. The molecule has 0 spiro atoms. The molecule has 0 unspecified atom stereocenters. The lowest BCUT2D eigenvalue weighted by Gasteiger charge is -2.15. The Labute approximate surface area is 139 Å². The highest BCUT2D eigenvalue weighted by Crippen LogP contribution is 2.39. The Morgan fingerprint density at radius 2 is 1.87 bits per heavy atom. The second-order valence-corrected chi connectivity index (χ2v) is 6.73. The van der Waals surface area contributed by atoms with Gasteiger partial charge in [-0.25, -0.2) is 4.98 Å². The van der Waals surface area contributed by atoms with Crippen molar-refractivity contribution in [2.75, 3.05) is 11.9 Å². The number of benzene rings is 1. The number of hydrogen-bond acceptors (Lipinski definition) is 3. The monoisotopic (exact) mass is 320 g/mol. The van der Waals surface area contributed by atoms with E-state index in [1.54, 1.807) is 29.5 Å². The Balaban J connectivity index is 1.70. The van der Waals surface area contributed by atoms with Crippen molar-refractivity contribution in [1.29, 1.82) is 0 Å². The maximum absolute atomic E-state index is 12.8. The zero-order valence-corrected chi connectivity index (χ0v) is 13.6. The molecule has 1 aliphatic rings. The average Bonchev–Trinajstić information content (AvgIpc) is 3.06. The topological polar surface area (TPSA) is 33.2 Å². The van der Waals surface area contributed by atoms with Crippen LogP contribution in [0.4, 0.5) is 5.82 Å². The zero-order valence-electron chi connectivity index (χ0n) is 12.8. The van der Waals surface area contributed by atoms with Gasteiger partial charge in [-0.15, -0.1) is 11.3 Å². The van der Waals surface area contributed by atoms with E-state index in [1.807, 2.05) is 18.2 Å². The maximum Gasteiger partial charge on any atom is 0.269 e. The predicted molar refractivity (Wildman–Crippen MR) is 94.1 cm³/mol. The van der Waals surface area contributed by atoms with Gasteiger partial charge in [-0.2, -0.15) is 0 Å². The van der Waals surface area contributed by atoms with E-state index in [0.717, 1.165) is 17.7 Å². The van der Waals surface area contributed by atoms with E-state index in [-0.39, 0.29) is 5.91 Å². The van der Waals surface area contributed by atoms with Gasteiger partial charge in [0.2, 0.25) is 0 Å². The van der Waals surface area contributed by atoms with Crippen molar-refractivity contribution in [2.45, 2.75) is 12.8 Å². The van der Waals surface area contributed by atoms with Crippen molar-refractivity contribution < 1.29 is 4.79 Å². The molecule has 3 aromatic rings. The van der Waals surface area contributed by atoms with Crippen molar-refractivity contribution in [2.24, 2.45) is 0 Å². The quantitative estimate of drug-likeness (QED) is 0.709. The first-order chi connectivity index (χ1) is 11.2. The second kappa shape index (κ2) is 5.63. The summed E-state index contributed by atoms with van der Waals surface area (Å²) in [4.78, 5) is 20.7. The van der Waals surface area contributed by atoms with Gasteiger partial charge in [0.25, 0.3) is 5.91 Å². The third-order valence-corrected chi connectivity index (χ3v) is 5.44. The van der Waals surface area contributed by atoms with Crippen LogP contribution in [0, 0.1) is 0 Å². The van der Waals surface area contributed by atoms with Gasteiger partial charge in [0, 0.05) is 18.1 Å². The lowest BCUT2D eigenvalue weighted by atomic mass is 9.91. The van der Waals surface area contributed by atoms with E-state index in [0.29, 0.717) is 5.82 Å². The highest BCUT2D eigenvalue weighted by Gasteiger charge is 2.23. The number of anilines is 1. The first kappa shape index (κ1) is 14.2. The van der Waals surface area contributed by atoms with Crippen LogP contribution < -0.4 is 4.90 Å². The minimum Gasteiger partial charge on any atom is -0.295 e. The summed E-state index contributed by atoms with van der Waals surface area (Å²) < 4.78 is 0. The third kappa shape index (κ3) is 2.45. The summed E-state index contributed by atoms with van der Waals surface area (Å²) in [5, 5.41) is 0. The molecule has 0 saturated carbocycles. The molecule has 2 aromatic heterocycles. The maximum atomic E-state index is 12.8. The van der Waals surface area contributed by atoms with Gasteiger partial charge < -0.3 is 0 Å². The summed E-state index contributed by atoms with van der Waals surface area (Å²) in [6.07, 6.45) is 3.75. The van der Waals surface area contributed by atoms with Crippen LogP contribution in [-0.2, 0) is 12.8 Å². The van der Waals surface area contributed by atoms with E-state index in [2.05, 4.69) is 35.3 Å². The van der Waals surface area contributed by atoms with Crippen LogP contribution >= 0.6 is 11.3 Å². The predicted octanol–water partition coefficient (Wildman–Crippen LogP) is 4.19. The Morgan fingerprint density at radius 1 is 1.09 bits per heavy atom. The molecule has 23 heavy (non-hydrogen) atoms. The summed E-state index contributed by atoms with van der Waals surface area (Å²) >= 11 is 1.59. The van der Waals surface area contributed by atoms with Gasteiger partial charge in [-0.1, -0.05) is 30.3 Å². The molecule has 3 nitrogen and oxygen atoms in total. The summed E-state index contributed by atoms with van der Waals surface area (Å²) in [6, 6.07) is 16.1. The third-order valence-electron chi connectivity index (χ3n) is 4.24. The van der Waals surface area contributed by atoms with Crippen LogP contribution in [0.25, 0.3) is 10.4 Å². The van der Waals surface area contributed by atoms with Crippen LogP contribution in [0.2, 0.25) is 0 Å². The van der Waals surface area contributed by atoms with E-state index in [4.69, 9.17) is 0 Å². The van der Waals surface area contributed by atoms with Crippen molar-refractivity contribution in [3.63, 3.8) is 0 Å². The molecular formula is C19H16N2OS. The van der Waals surface area contributed by atoms with Crippen LogP contribution in [0.3, 0.4) is 0 Å². The Kier molecular flexibility index (Phi) is 3.46. The number of nitrogens with zero attached hydrogens (tertiary/aromatic N) is 2. The van der Waals surface area contributed by atoms with Crippen molar-refractivity contribution >= 4 is 23.1 Å². The largest absolute Gasteiger partial charge is 0.295 e. The first-order valence-corrected chi connectivity index (χ1v) is 8.46. The van der Waals surface area contributed by atoms with Crippen molar-refractivity contribution in [3.8, 4) is 10.4 Å². The molecule has 0 fully saturated rings. The first-order valence-electron chi connectivity index (χ1n) is 7.64. The number of hydrogen-bond donors (Lipinski definition) is 0. The minimum absolute atomic E-state index is 0.000538. The van der Waals surface area contributed by atoms with Crippen molar-refractivity contribution in [3.05, 3.63) is 70.7 Å². The number of thiophene rings is 1. The van der Waals surface area contributed by atoms with E-state index >= 15 is 0 Å². The highest BCUT2D eigenvalue weighted by atomic mass is 32.1. The molecule has 4 rings (SSSR count). The summed E-state index contributed by atoms with van der Waals surface area (Å²) in [6.45, 7) is 0. The fourth-order valence-electron chi connectivity index (χ4n) is 3.00. The molecule has 0 bridgehead atoms. The molecule has 0 radical (unpaired) electrons. The van der Waals surface area contributed by atoms with Crippen LogP contribution in [0.1, 0.15) is 20.8 Å². The van der Waals surface area contributed by atoms with Crippen LogP contribution in [0.15, 0.2) is 54.7 Å². The van der Waals surface area contributed by atoms with Crippen molar-refractivity contribution in [1.82, 2.24) is 4.98 Å². The van der Waals surface area contributed by atoms with Gasteiger partial charge >= 0.3 is 0 Å². The summed E-state index contributed by atoms with van der Waals surface area (Å²) in [5.41, 5.74) is 3.93. The van der Waals surface area contributed by atoms with Gasteiger partial charge in [0.15, 0.2) is 0 Å². The molecule has 114 valence electrons. The van der Waals surface area contributed by atoms with Crippen LogP contribution in [0.5, 0.6) is 0 Å². The number of amides is 1. The number of pyridine rings is 1. The van der Waals surface area contributed by atoms with Gasteiger partial charge in [-0.05, 0) is 47.7 Å². The lowest BCUT2D eigenvalue weighted by molar-refractivity contribution is 0.0996. The standard InChI is InChI=1S/C19H16N2OS/c1-21(17-8-4-5-11-20-17)19(22)16-12-14-10-9-13-6-2-3-7-15(13)18(14)23-16/h2-8,11-12H,9-10H2,1H3. The molecule has 0 saturated heterocycles. The number of carbonyl (C=O) groups excluding carboxylic acids is 1. The van der Waals surface area contributed by atoms with E-state index < -0.39 is 0 Å². The van der Waals surface area contributed by atoms with Crippen LogP contribution in [-0.4, -0.2) is 17.9 Å². The summed E-state index contributed by atoms with van der Waals surface area (Å²) in [5.74, 6) is 0.671. The molecule has 4 heteroatoms. The summed E-state index contributed by atoms with van der Waals surface area (Å²) in [7, 11) is 1.78. The van der Waals surface area contributed by atoms with Gasteiger partial charge in [-0.3, -0.25) is 9.69 Å². The van der Waals surface area contributed by atoms with Gasteiger partial charge in [0.05, 0.1) is 4.88 Å². The number of aromatic nitrogens is 1. The minimum atomic E-state index is 0.000538. The Morgan fingerprint density at radius 3 is 2.70 bits per heavy atom.